The van der Waals surface area contributed by atoms with Crippen molar-refractivity contribution in [3.05, 3.63) is 52.6 Å². The van der Waals surface area contributed by atoms with Crippen molar-refractivity contribution >= 4 is 15.7 Å². The molecule has 0 fully saturated rings. The van der Waals surface area contributed by atoms with Crippen molar-refractivity contribution in [1.29, 1.82) is 0 Å². The minimum Gasteiger partial charge on any atom is -0.496 e. The molecule has 0 aliphatic carbocycles. The normalized spacial score (nSPS) is 11.6. The number of ether oxygens (including phenoxy) is 1. The average molecular weight is 347 g/mol. The van der Waals surface area contributed by atoms with Crippen LogP contribution in [-0.2, 0) is 10.0 Å². The van der Waals surface area contributed by atoms with Gasteiger partial charge in [0.1, 0.15) is 5.75 Å². The van der Waals surface area contributed by atoms with Crippen LogP contribution in [0.4, 0.5) is 5.69 Å². The molecule has 0 atom stereocenters. The fraction of sp³-hybridized carbons (Fsp3) is 0.368. The summed E-state index contributed by atoms with van der Waals surface area (Å²) in [6.45, 7) is 9.83. The van der Waals surface area contributed by atoms with Crippen LogP contribution in [0.1, 0.15) is 42.0 Å². The second kappa shape index (κ2) is 6.85. The van der Waals surface area contributed by atoms with Gasteiger partial charge in [0.25, 0.3) is 10.0 Å². The highest BCUT2D eigenvalue weighted by Gasteiger charge is 2.19. The van der Waals surface area contributed by atoms with Crippen LogP contribution >= 0.6 is 0 Å². The van der Waals surface area contributed by atoms with E-state index in [1.165, 1.54) is 0 Å². The van der Waals surface area contributed by atoms with Gasteiger partial charge in [-0.05, 0) is 61.6 Å². The summed E-state index contributed by atoms with van der Waals surface area (Å²) in [6.07, 6.45) is 0. The molecule has 2 aromatic rings. The smallest absolute Gasteiger partial charge is 0.261 e. The molecule has 0 saturated carbocycles. The zero-order valence-corrected chi connectivity index (χ0v) is 15.9. The molecule has 0 spiro atoms. The van der Waals surface area contributed by atoms with E-state index in [-0.39, 0.29) is 10.8 Å². The van der Waals surface area contributed by atoms with Gasteiger partial charge in [-0.3, -0.25) is 4.72 Å². The summed E-state index contributed by atoms with van der Waals surface area (Å²) >= 11 is 0. The molecule has 0 saturated heterocycles. The van der Waals surface area contributed by atoms with Crippen LogP contribution in [0.5, 0.6) is 5.75 Å². The molecular formula is C19H25NO3S. The van der Waals surface area contributed by atoms with E-state index < -0.39 is 10.0 Å². The van der Waals surface area contributed by atoms with Gasteiger partial charge in [0.2, 0.25) is 0 Å². The fourth-order valence-corrected chi connectivity index (χ4v) is 4.10. The summed E-state index contributed by atoms with van der Waals surface area (Å²) in [5.74, 6) is 0.865. The number of methoxy groups -OCH3 is 1. The van der Waals surface area contributed by atoms with Crippen LogP contribution in [0, 0.1) is 20.8 Å². The van der Waals surface area contributed by atoms with E-state index in [1.807, 2.05) is 46.8 Å². The highest BCUT2D eigenvalue weighted by Crippen LogP contribution is 2.30. The maximum Gasteiger partial charge on any atom is 0.261 e. The van der Waals surface area contributed by atoms with Crippen molar-refractivity contribution in [2.45, 2.75) is 45.4 Å². The maximum absolute atomic E-state index is 12.8. The Morgan fingerprint density at radius 1 is 1.00 bits per heavy atom. The van der Waals surface area contributed by atoms with E-state index in [0.717, 1.165) is 22.3 Å². The lowest BCUT2D eigenvalue weighted by atomic mass is 10.0. The van der Waals surface area contributed by atoms with Crippen LogP contribution in [0.3, 0.4) is 0 Å². The second-order valence-corrected chi connectivity index (χ2v) is 8.12. The Labute approximate surface area is 144 Å². The molecule has 0 radical (unpaired) electrons. The molecule has 0 bridgehead atoms. The van der Waals surface area contributed by atoms with Gasteiger partial charge in [-0.1, -0.05) is 31.5 Å². The van der Waals surface area contributed by atoms with Crippen molar-refractivity contribution in [2.24, 2.45) is 0 Å². The number of sulfonamides is 1. The summed E-state index contributed by atoms with van der Waals surface area (Å²) in [5, 5.41) is 0. The Morgan fingerprint density at radius 2 is 1.58 bits per heavy atom. The molecule has 1 N–H and O–H groups in total. The second-order valence-electron chi connectivity index (χ2n) is 6.44. The number of nitrogens with one attached hydrogen (secondary N) is 1. The van der Waals surface area contributed by atoms with Gasteiger partial charge in [0, 0.05) is 0 Å². The molecule has 0 aliphatic rings. The minimum atomic E-state index is -3.66. The first-order valence-corrected chi connectivity index (χ1v) is 9.42. The zero-order chi connectivity index (χ0) is 18.1. The van der Waals surface area contributed by atoms with Crippen LogP contribution in [0.15, 0.2) is 35.2 Å². The molecule has 24 heavy (non-hydrogen) atoms. The zero-order valence-electron chi connectivity index (χ0n) is 15.1. The van der Waals surface area contributed by atoms with Crippen LogP contribution in [-0.4, -0.2) is 15.5 Å². The van der Waals surface area contributed by atoms with E-state index >= 15 is 0 Å². The number of hydrogen-bond donors (Lipinski definition) is 1. The van der Waals surface area contributed by atoms with Crippen molar-refractivity contribution in [1.82, 2.24) is 0 Å². The molecule has 2 rings (SSSR count). The van der Waals surface area contributed by atoms with Crippen molar-refractivity contribution in [2.75, 3.05) is 11.8 Å². The predicted molar refractivity (Wildman–Crippen MR) is 98.5 cm³/mol. The summed E-state index contributed by atoms with van der Waals surface area (Å²) in [7, 11) is -2.07. The summed E-state index contributed by atoms with van der Waals surface area (Å²) in [5.41, 5.74) is 4.45. The SMILES string of the molecule is COc1ccc(S(=O)(=O)Nc2c(C)cc(C)cc2C)cc1C(C)C. The predicted octanol–water partition coefficient (Wildman–Crippen LogP) is 4.54. The van der Waals surface area contributed by atoms with E-state index in [4.69, 9.17) is 4.74 Å². The Hall–Kier alpha value is -2.01. The summed E-state index contributed by atoms with van der Waals surface area (Å²) < 4.78 is 33.7. The lowest BCUT2D eigenvalue weighted by Crippen LogP contribution is -2.15. The number of benzene rings is 2. The Bertz CT molecular complexity index is 832. The lowest BCUT2D eigenvalue weighted by Gasteiger charge is -2.17. The van der Waals surface area contributed by atoms with Crippen molar-refractivity contribution < 1.29 is 13.2 Å². The number of rotatable bonds is 5. The van der Waals surface area contributed by atoms with Crippen LogP contribution < -0.4 is 9.46 Å². The molecule has 5 heteroatoms. The van der Waals surface area contributed by atoms with Crippen LogP contribution in [0.2, 0.25) is 0 Å². The van der Waals surface area contributed by atoms with Gasteiger partial charge in [-0.25, -0.2) is 8.42 Å². The molecule has 0 aromatic heterocycles. The Balaban J connectivity index is 2.47. The van der Waals surface area contributed by atoms with Gasteiger partial charge >= 0.3 is 0 Å². The fourth-order valence-electron chi connectivity index (χ4n) is 2.87. The lowest BCUT2D eigenvalue weighted by molar-refractivity contribution is 0.407. The highest BCUT2D eigenvalue weighted by atomic mass is 32.2. The third-order valence-corrected chi connectivity index (χ3v) is 5.39. The number of anilines is 1. The quantitative estimate of drug-likeness (QED) is 0.863. The topological polar surface area (TPSA) is 55.4 Å². The molecule has 4 nitrogen and oxygen atoms in total. The number of hydrogen-bond acceptors (Lipinski definition) is 3. The minimum absolute atomic E-state index is 0.165. The molecule has 0 aliphatic heterocycles. The van der Waals surface area contributed by atoms with Crippen LogP contribution in [0.25, 0.3) is 0 Å². The first-order chi connectivity index (χ1) is 11.2. The van der Waals surface area contributed by atoms with Gasteiger partial charge in [-0.2, -0.15) is 0 Å². The molecule has 0 amide bonds. The van der Waals surface area contributed by atoms with Gasteiger partial charge < -0.3 is 4.74 Å². The average Bonchev–Trinajstić information content (AvgIpc) is 2.50. The standard InChI is InChI=1S/C19H25NO3S/c1-12(2)17-11-16(7-8-18(17)23-6)24(21,22)20-19-14(4)9-13(3)10-15(19)5/h7-12,20H,1-6H3. The molecule has 2 aromatic carbocycles. The molecular weight excluding hydrogens is 322 g/mol. The first kappa shape index (κ1) is 18.3. The van der Waals surface area contributed by atoms with Crippen molar-refractivity contribution in [3.8, 4) is 5.75 Å². The maximum atomic E-state index is 12.8. The summed E-state index contributed by atoms with van der Waals surface area (Å²) in [4.78, 5) is 0.242. The van der Waals surface area contributed by atoms with Crippen molar-refractivity contribution in [3.63, 3.8) is 0 Å². The van der Waals surface area contributed by atoms with Gasteiger partial charge in [-0.15, -0.1) is 0 Å². The van der Waals surface area contributed by atoms with E-state index in [9.17, 15) is 8.42 Å². The molecule has 130 valence electrons. The third-order valence-electron chi connectivity index (χ3n) is 4.05. The Morgan fingerprint density at radius 3 is 2.08 bits per heavy atom. The van der Waals surface area contributed by atoms with E-state index in [0.29, 0.717) is 11.4 Å². The van der Waals surface area contributed by atoms with Gasteiger partial charge in [0.05, 0.1) is 17.7 Å². The molecule has 0 unspecified atom stereocenters. The summed E-state index contributed by atoms with van der Waals surface area (Å²) in [6, 6.07) is 8.91. The largest absolute Gasteiger partial charge is 0.496 e. The first-order valence-electron chi connectivity index (χ1n) is 7.94. The van der Waals surface area contributed by atoms with E-state index in [1.54, 1.807) is 25.3 Å². The highest BCUT2D eigenvalue weighted by molar-refractivity contribution is 7.92. The monoisotopic (exact) mass is 347 g/mol. The van der Waals surface area contributed by atoms with E-state index in [2.05, 4.69) is 4.72 Å². The third kappa shape index (κ3) is 3.73. The van der Waals surface area contributed by atoms with Gasteiger partial charge in [0.15, 0.2) is 0 Å². The number of aryl methyl sites for hydroxylation is 3. The Kier molecular flexibility index (Phi) is 5.23. The molecule has 0 heterocycles.